The molecule has 4 aliphatic carbocycles. The molecular formula is C21H27FN2O3. The predicted octanol–water partition coefficient (Wildman–Crippen LogP) is 2.65. The van der Waals surface area contributed by atoms with E-state index in [4.69, 9.17) is 4.74 Å². The van der Waals surface area contributed by atoms with E-state index in [1.165, 1.54) is 25.3 Å². The van der Waals surface area contributed by atoms with Gasteiger partial charge in [0.15, 0.2) is 11.6 Å². The van der Waals surface area contributed by atoms with Gasteiger partial charge in [0.05, 0.1) is 13.1 Å². The average Bonchev–Trinajstić information content (AvgIpc) is 2.63. The molecule has 4 fully saturated rings. The summed E-state index contributed by atoms with van der Waals surface area (Å²) >= 11 is 0. The lowest BCUT2D eigenvalue weighted by Gasteiger charge is -2.55. The van der Waals surface area contributed by atoms with Crippen LogP contribution in [0.5, 0.6) is 5.75 Å². The molecule has 0 radical (unpaired) electrons. The molecule has 4 aliphatic rings. The van der Waals surface area contributed by atoms with Gasteiger partial charge in [-0.25, -0.2) is 4.39 Å². The second kappa shape index (κ2) is 7.49. The van der Waals surface area contributed by atoms with Crippen molar-refractivity contribution in [3.05, 3.63) is 30.1 Å². The van der Waals surface area contributed by atoms with E-state index in [9.17, 15) is 14.0 Å². The Morgan fingerprint density at radius 2 is 1.67 bits per heavy atom. The minimum Gasteiger partial charge on any atom is -0.489 e. The van der Waals surface area contributed by atoms with Gasteiger partial charge in [0.25, 0.3) is 0 Å². The lowest BCUT2D eigenvalue weighted by atomic mass is 9.49. The topological polar surface area (TPSA) is 67.4 Å². The van der Waals surface area contributed by atoms with Crippen LogP contribution in [0.25, 0.3) is 0 Å². The fourth-order valence-electron chi connectivity index (χ4n) is 5.71. The first kappa shape index (κ1) is 18.3. The molecule has 5 nitrogen and oxygen atoms in total. The number of hydrogen-bond acceptors (Lipinski definition) is 3. The van der Waals surface area contributed by atoms with Gasteiger partial charge in [0.2, 0.25) is 11.8 Å². The zero-order chi connectivity index (χ0) is 18.9. The van der Waals surface area contributed by atoms with Crippen molar-refractivity contribution >= 4 is 11.8 Å². The number of rotatable bonds is 7. The van der Waals surface area contributed by atoms with E-state index in [1.54, 1.807) is 18.2 Å². The second-order valence-corrected chi connectivity index (χ2v) is 8.51. The molecule has 0 unspecified atom stereocenters. The summed E-state index contributed by atoms with van der Waals surface area (Å²) in [6, 6.07) is 6.16. The van der Waals surface area contributed by atoms with Crippen LogP contribution in [-0.4, -0.2) is 31.5 Å². The highest BCUT2D eigenvalue weighted by molar-refractivity contribution is 5.88. The number of amides is 2. The lowest BCUT2D eigenvalue weighted by molar-refractivity contribution is -0.147. The van der Waals surface area contributed by atoms with E-state index in [0.717, 1.165) is 19.3 Å². The number of carbonyl (C=O) groups is 2. The summed E-state index contributed by atoms with van der Waals surface area (Å²) < 4.78 is 18.7. The van der Waals surface area contributed by atoms with E-state index in [0.29, 0.717) is 17.8 Å². The summed E-state index contributed by atoms with van der Waals surface area (Å²) in [5, 5.41) is 5.56. The molecule has 146 valence electrons. The van der Waals surface area contributed by atoms with Crippen LogP contribution < -0.4 is 15.4 Å². The van der Waals surface area contributed by atoms with Crippen LogP contribution in [0.3, 0.4) is 0 Å². The van der Waals surface area contributed by atoms with Crippen LogP contribution in [0.1, 0.15) is 38.5 Å². The maximum Gasteiger partial charge on any atom is 0.239 e. The molecule has 6 heteroatoms. The first-order chi connectivity index (χ1) is 13.0. The van der Waals surface area contributed by atoms with Crippen LogP contribution in [0.4, 0.5) is 4.39 Å². The van der Waals surface area contributed by atoms with E-state index in [2.05, 4.69) is 10.6 Å². The van der Waals surface area contributed by atoms with Crippen molar-refractivity contribution in [1.82, 2.24) is 10.6 Å². The van der Waals surface area contributed by atoms with Crippen LogP contribution in [0, 0.1) is 29.0 Å². The fraction of sp³-hybridized carbons (Fsp3) is 0.619. The van der Waals surface area contributed by atoms with Crippen molar-refractivity contribution in [1.29, 1.82) is 0 Å². The van der Waals surface area contributed by atoms with Gasteiger partial charge in [0, 0.05) is 5.41 Å². The van der Waals surface area contributed by atoms with Crippen LogP contribution in [0.15, 0.2) is 24.3 Å². The van der Waals surface area contributed by atoms with Crippen LogP contribution >= 0.6 is 0 Å². The van der Waals surface area contributed by atoms with E-state index >= 15 is 0 Å². The highest BCUT2D eigenvalue weighted by Crippen LogP contribution is 2.60. The number of ether oxygens (including phenoxy) is 1. The molecule has 2 N–H and O–H groups in total. The van der Waals surface area contributed by atoms with Crippen molar-refractivity contribution in [3.63, 3.8) is 0 Å². The second-order valence-electron chi connectivity index (χ2n) is 8.51. The van der Waals surface area contributed by atoms with Gasteiger partial charge < -0.3 is 15.4 Å². The zero-order valence-electron chi connectivity index (χ0n) is 15.5. The van der Waals surface area contributed by atoms with Gasteiger partial charge in [-0.1, -0.05) is 12.1 Å². The largest absolute Gasteiger partial charge is 0.489 e. The molecule has 0 saturated heterocycles. The fourth-order valence-corrected chi connectivity index (χ4v) is 5.71. The summed E-state index contributed by atoms with van der Waals surface area (Å²) in [4.78, 5) is 24.8. The number of hydrogen-bond donors (Lipinski definition) is 2. The molecule has 2 amide bonds. The highest BCUT2D eigenvalue weighted by Gasteiger charge is 2.54. The summed E-state index contributed by atoms with van der Waals surface area (Å²) in [6.07, 6.45) is 6.83. The molecule has 27 heavy (non-hydrogen) atoms. The van der Waals surface area contributed by atoms with Crippen molar-refractivity contribution < 1.29 is 18.7 Å². The van der Waals surface area contributed by atoms with Gasteiger partial charge >= 0.3 is 0 Å². The Morgan fingerprint density at radius 1 is 1.04 bits per heavy atom. The molecule has 0 atom stereocenters. The van der Waals surface area contributed by atoms with Gasteiger partial charge in [0.1, 0.15) is 6.61 Å². The molecule has 4 saturated carbocycles. The summed E-state index contributed by atoms with van der Waals surface area (Å²) in [7, 11) is 0. The Kier molecular flexibility index (Phi) is 5.06. The third kappa shape index (κ3) is 3.94. The van der Waals surface area contributed by atoms with Gasteiger partial charge in [-0.2, -0.15) is 0 Å². The number of nitrogens with one attached hydrogen (secondary N) is 2. The highest BCUT2D eigenvalue weighted by atomic mass is 19.1. The number of carbonyl (C=O) groups excluding carboxylic acids is 2. The summed E-state index contributed by atoms with van der Waals surface area (Å²) in [5.41, 5.74) is -0.233. The first-order valence-electron chi connectivity index (χ1n) is 9.96. The SMILES string of the molecule is O=C(CNC(=O)C12CC3CC(CC(C3)C1)C2)NCCOc1ccccc1F. The molecule has 0 aromatic heterocycles. The van der Waals surface area contributed by atoms with Gasteiger partial charge in [-0.15, -0.1) is 0 Å². The maximum absolute atomic E-state index is 13.4. The van der Waals surface area contributed by atoms with Gasteiger partial charge in [-0.05, 0) is 68.4 Å². The Bertz CT molecular complexity index is 686. The predicted molar refractivity (Wildman–Crippen MR) is 98.5 cm³/mol. The van der Waals surface area contributed by atoms with Crippen molar-refractivity contribution in [2.45, 2.75) is 38.5 Å². The van der Waals surface area contributed by atoms with Crippen LogP contribution in [0.2, 0.25) is 0 Å². The molecule has 0 heterocycles. The third-order valence-electron chi connectivity index (χ3n) is 6.45. The van der Waals surface area contributed by atoms with E-state index in [1.807, 2.05) is 0 Å². The molecule has 0 aliphatic heterocycles. The number of benzene rings is 1. The first-order valence-corrected chi connectivity index (χ1v) is 9.96. The van der Waals surface area contributed by atoms with Gasteiger partial charge in [-0.3, -0.25) is 9.59 Å². The smallest absolute Gasteiger partial charge is 0.239 e. The molecule has 5 rings (SSSR count). The standard InChI is InChI=1S/C21H27FN2O3/c22-17-3-1-2-4-18(17)27-6-5-23-19(25)13-24-20(26)21-10-14-7-15(11-21)9-16(8-14)12-21/h1-4,14-16H,5-13H2,(H,23,25)(H,24,26). The molecule has 1 aromatic carbocycles. The normalized spacial score (nSPS) is 30.8. The minimum atomic E-state index is -0.424. The Balaban J connectivity index is 1.18. The van der Waals surface area contributed by atoms with Crippen molar-refractivity contribution in [2.24, 2.45) is 23.2 Å². The molecular weight excluding hydrogens is 347 g/mol. The quantitative estimate of drug-likeness (QED) is 0.721. The molecule has 1 aromatic rings. The van der Waals surface area contributed by atoms with E-state index < -0.39 is 5.82 Å². The molecule has 4 bridgehead atoms. The van der Waals surface area contributed by atoms with Crippen molar-refractivity contribution in [3.8, 4) is 5.75 Å². The Hall–Kier alpha value is -2.11. The zero-order valence-corrected chi connectivity index (χ0v) is 15.5. The Labute approximate surface area is 159 Å². The summed E-state index contributed by atoms with van der Waals surface area (Å²) in [6.45, 7) is 0.427. The van der Waals surface area contributed by atoms with E-state index in [-0.39, 0.29) is 42.7 Å². The average molecular weight is 374 g/mol. The van der Waals surface area contributed by atoms with Crippen molar-refractivity contribution in [2.75, 3.05) is 19.7 Å². The minimum absolute atomic E-state index is 0.0136. The lowest BCUT2D eigenvalue weighted by Crippen LogP contribution is -2.54. The number of para-hydroxylation sites is 1. The molecule has 0 spiro atoms. The maximum atomic E-state index is 13.4. The Morgan fingerprint density at radius 3 is 2.30 bits per heavy atom. The summed E-state index contributed by atoms with van der Waals surface area (Å²) in [5.74, 6) is 1.65. The number of halogens is 1. The third-order valence-corrected chi connectivity index (χ3v) is 6.45. The monoisotopic (exact) mass is 374 g/mol. The van der Waals surface area contributed by atoms with Crippen LogP contribution in [-0.2, 0) is 9.59 Å².